The molecule has 0 aromatic heterocycles. The summed E-state index contributed by atoms with van der Waals surface area (Å²) in [6.45, 7) is 5.05. The number of piperidine rings is 1. The first-order valence-electron chi connectivity index (χ1n) is 8.64. The normalized spacial score (nSPS) is 19.0. The van der Waals surface area contributed by atoms with E-state index in [4.69, 9.17) is 0 Å². The number of halogens is 1. The van der Waals surface area contributed by atoms with E-state index in [0.717, 1.165) is 44.5 Å². The molecule has 1 N–H and O–H groups in total. The van der Waals surface area contributed by atoms with Gasteiger partial charge in [0.25, 0.3) is 5.91 Å². The lowest BCUT2D eigenvalue weighted by Crippen LogP contribution is -2.46. The number of rotatable bonds is 5. The minimum Gasteiger partial charge on any atom is -0.336 e. The summed E-state index contributed by atoms with van der Waals surface area (Å²) in [5, 5.41) is 3.39. The van der Waals surface area contributed by atoms with E-state index in [1.807, 2.05) is 35.7 Å². The molecule has 0 aliphatic carbocycles. The largest absolute Gasteiger partial charge is 0.336 e. The average Bonchev–Trinajstić information content (AvgIpc) is 3.15. The molecule has 24 heavy (non-hydrogen) atoms. The van der Waals surface area contributed by atoms with Crippen molar-refractivity contribution in [2.75, 3.05) is 31.1 Å². The van der Waals surface area contributed by atoms with Crippen molar-refractivity contribution < 1.29 is 4.79 Å². The number of amides is 1. The Kier molecular flexibility index (Phi) is 8.28. The van der Waals surface area contributed by atoms with Crippen molar-refractivity contribution in [2.45, 2.75) is 36.8 Å². The Morgan fingerprint density at radius 2 is 1.79 bits per heavy atom. The number of nitrogens with zero attached hydrogens (tertiary/aromatic N) is 1. The molecule has 0 saturated carbocycles. The number of benzene rings is 1. The van der Waals surface area contributed by atoms with Crippen molar-refractivity contribution in [3.63, 3.8) is 0 Å². The Morgan fingerprint density at radius 1 is 1.17 bits per heavy atom. The predicted molar refractivity (Wildman–Crippen MR) is 109 cm³/mol. The van der Waals surface area contributed by atoms with Crippen LogP contribution < -0.4 is 5.32 Å². The van der Waals surface area contributed by atoms with Crippen molar-refractivity contribution in [3.8, 4) is 0 Å². The molecule has 3 rings (SSSR count). The monoisotopic (exact) mass is 386 g/mol. The number of hydrogen-bond acceptors (Lipinski definition) is 4. The molecule has 6 heteroatoms. The molecule has 134 valence electrons. The Morgan fingerprint density at radius 3 is 2.38 bits per heavy atom. The minimum absolute atomic E-state index is 0. The number of hydrogen-bond donors (Lipinski definition) is 1. The van der Waals surface area contributed by atoms with Crippen LogP contribution in [-0.4, -0.2) is 48.0 Å². The molecule has 2 aliphatic rings. The number of carbonyl (C=O) groups excluding carboxylic acids is 1. The summed E-state index contributed by atoms with van der Waals surface area (Å²) < 4.78 is 0.551. The molecular weight excluding hydrogens is 360 g/mol. The lowest BCUT2D eigenvalue weighted by atomic mass is 10.0. The van der Waals surface area contributed by atoms with Crippen molar-refractivity contribution in [3.05, 3.63) is 35.4 Å². The van der Waals surface area contributed by atoms with Gasteiger partial charge in [-0.25, -0.2) is 0 Å². The van der Waals surface area contributed by atoms with Gasteiger partial charge in [0.05, 0.1) is 4.58 Å². The van der Waals surface area contributed by atoms with Gasteiger partial charge in [-0.3, -0.25) is 4.79 Å². The highest BCUT2D eigenvalue weighted by atomic mass is 35.5. The van der Waals surface area contributed by atoms with Gasteiger partial charge in [0.15, 0.2) is 0 Å². The van der Waals surface area contributed by atoms with E-state index in [9.17, 15) is 4.79 Å². The third-order valence-electron chi connectivity index (χ3n) is 4.53. The second kappa shape index (κ2) is 9.95. The van der Waals surface area contributed by atoms with E-state index in [-0.39, 0.29) is 18.3 Å². The number of thioether (sulfide) groups is 2. The highest BCUT2D eigenvalue weighted by Crippen LogP contribution is 2.45. The average molecular weight is 387 g/mol. The van der Waals surface area contributed by atoms with Crippen LogP contribution in [0.15, 0.2) is 24.3 Å². The van der Waals surface area contributed by atoms with Gasteiger partial charge in [0.1, 0.15) is 0 Å². The lowest BCUT2D eigenvalue weighted by Gasteiger charge is -2.34. The summed E-state index contributed by atoms with van der Waals surface area (Å²) in [4.78, 5) is 15.1. The Labute approximate surface area is 160 Å². The van der Waals surface area contributed by atoms with Gasteiger partial charge in [-0.05, 0) is 50.0 Å². The fourth-order valence-electron chi connectivity index (χ4n) is 3.31. The third kappa shape index (κ3) is 4.84. The second-order valence-electron chi connectivity index (χ2n) is 6.18. The van der Waals surface area contributed by atoms with Crippen molar-refractivity contribution >= 4 is 41.8 Å². The van der Waals surface area contributed by atoms with Crippen LogP contribution in [0.2, 0.25) is 0 Å². The van der Waals surface area contributed by atoms with Crippen LogP contribution in [0.4, 0.5) is 0 Å². The molecule has 2 heterocycles. The molecule has 0 radical (unpaired) electrons. The number of carbonyl (C=O) groups is 1. The molecule has 3 nitrogen and oxygen atoms in total. The molecule has 2 saturated heterocycles. The molecule has 0 unspecified atom stereocenters. The van der Waals surface area contributed by atoms with Crippen molar-refractivity contribution in [1.29, 1.82) is 0 Å². The smallest absolute Gasteiger partial charge is 0.254 e. The first-order valence-corrected chi connectivity index (χ1v) is 10.7. The summed E-state index contributed by atoms with van der Waals surface area (Å²) in [7, 11) is 0. The fourth-order valence-corrected chi connectivity index (χ4v) is 6.17. The zero-order chi connectivity index (χ0) is 16.1. The fraction of sp³-hybridized carbons (Fsp3) is 0.611. The summed E-state index contributed by atoms with van der Waals surface area (Å²) in [6, 6.07) is 8.75. The van der Waals surface area contributed by atoms with Crippen molar-refractivity contribution in [1.82, 2.24) is 10.2 Å². The van der Waals surface area contributed by atoms with E-state index in [2.05, 4.69) is 29.3 Å². The summed E-state index contributed by atoms with van der Waals surface area (Å²) in [6.07, 6.45) is 3.15. The van der Waals surface area contributed by atoms with Crippen molar-refractivity contribution in [2.24, 2.45) is 0 Å². The van der Waals surface area contributed by atoms with Crippen LogP contribution in [0.1, 0.15) is 46.7 Å². The van der Waals surface area contributed by atoms with Crippen LogP contribution in [0.5, 0.6) is 0 Å². The van der Waals surface area contributed by atoms with Crippen LogP contribution >= 0.6 is 35.9 Å². The first kappa shape index (κ1) is 20.0. The van der Waals surface area contributed by atoms with Gasteiger partial charge in [-0.1, -0.05) is 19.1 Å². The maximum absolute atomic E-state index is 13.0. The molecule has 1 aromatic carbocycles. The van der Waals surface area contributed by atoms with Gasteiger partial charge >= 0.3 is 0 Å². The van der Waals surface area contributed by atoms with Gasteiger partial charge in [-0.2, -0.15) is 0 Å². The van der Waals surface area contributed by atoms with E-state index < -0.39 is 0 Å². The SMILES string of the molecule is CCCN(C(=O)c1ccc(C2SCCS2)cc1)C1CCNCC1.Cl. The highest BCUT2D eigenvalue weighted by molar-refractivity contribution is 8.19. The van der Waals surface area contributed by atoms with E-state index in [1.165, 1.54) is 17.1 Å². The number of nitrogens with one attached hydrogen (secondary N) is 1. The molecule has 0 spiro atoms. The van der Waals surface area contributed by atoms with Crippen LogP contribution in [-0.2, 0) is 0 Å². The molecule has 1 aromatic rings. The highest BCUT2D eigenvalue weighted by Gasteiger charge is 2.26. The predicted octanol–water partition coefficient (Wildman–Crippen LogP) is 4.19. The van der Waals surface area contributed by atoms with E-state index in [0.29, 0.717) is 10.6 Å². The first-order chi connectivity index (χ1) is 11.3. The van der Waals surface area contributed by atoms with E-state index >= 15 is 0 Å². The van der Waals surface area contributed by atoms with Crippen LogP contribution in [0.25, 0.3) is 0 Å². The minimum atomic E-state index is 0. The van der Waals surface area contributed by atoms with Crippen LogP contribution in [0.3, 0.4) is 0 Å². The molecule has 1 amide bonds. The standard InChI is InChI=1S/C18H26N2OS2.ClH/c1-2-11-20(16-7-9-19-10-8-16)17(21)14-3-5-15(6-4-14)18-22-12-13-23-18;/h3-6,16,18-19H,2,7-13H2,1H3;1H. The quantitative estimate of drug-likeness (QED) is 0.822. The molecule has 2 fully saturated rings. The molecule has 2 aliphatic heterocycles. The molecule has 0 bridgehead atoms. The summed E-state index contributed by atoms with van der Waals surface area (Å²) in [5.74, 6) is 2.67. The summed E-state index contributed by atoms with van der Waals surface area (Å²) in [5.41, 5.74) is 2.19. The zero-order valence-electron chi connectivity index (χ0n) is 14.2. The van der Waals surface area contributed by atoms with Gasteiger partial charge in [0, 0.05) is 29.7 Å². The van der Waals surface area contributed by atoms with Crippen LogP contribution in [0, 0.1) is 0 Å². The summed E-state index contributed by atoms with van der Waals surface area (Å²) >= 11 is 4.02. The molecule has 0 atom stereocenters. The van der Waals surface area contributed by atoms with Gasteiger partial charge in [-0.15, -0.1) is 35.9 Å². The molecular formula is C18H27ClN2OS2. The van der Waals surface area contributed by atoms with E-state index in [1.54, 1.807) is 0 Å². The maximum Gasteiger partial charge on any atom is 0.254 e. The second-order valence-corrected chi connectivity index (χ2v) is 8.90. The topological polar surface area (TPSA) is 32.3 Å². The zero-order valence-corrected chi connectivity index (χ0v) is 16.7. The van der Waals surface area contributed by atoms with Gasteiger partial charge < -0.3 is 10.2 Å². The lowest BCUT2D eigenvalue weighted by molar-refractivity contribution is 0.0642. The Hall–Kier alpha value is -0.360. The third-order valence-corrected chi connectivity index (χ3v) is 7.63. The maximum atomic E-state index is 13.0. The Bertz CT molecular complexity index is 514. The van der Waals surface area contributed by atoms with Gasteiger partial charge in [0.2, 0.25) is 0 Å². The Balaban J connectivity index is 0.00000208.